The molecule has 0 spiro atoms. The molecule has 2 rings (SSSR count). The quantitative estimate of drug-likeness (QED) is 0.930. The smallest absolute Gasteiger partial charge is 0.223 e. The first kappa shape index (κ1) is 14.6. The average molecular weight is 273 g/mol. The summed E-state index contributed by atoms with van der Waals surface area (Å²) in [6, 6.07) is 7.97. The molecule has 4 heteroatoms. The molecular formula is C16H23N3O. The second-order valence-corrected chi connectivity index (χ2v) is 5.90. The van der Waals surface area contributed by atoms with Crippen LogP contribution in [0.25, 0.3) is 11.0 Å². The van der Waals surface area contributed by atoms with Crippen LogP contribution in [0.2, 0.25) is 0 Å². The third-order valence-corrected chi connectivity index (χ3v) is 3.59. The summed E-state index contributed by atoms with van der Waals surface area (Å²) in [5.74, 6) is 1.24. The molecule has 0 aliphatic heterocycles. The number of para-hydroxylation sites is 2. The van der Waals surface area contributed by atoms with Crippen LogP contribution in [0.3, 0.4) is 0 Å². The first-order valence-electron chi connectivity index (χ1n) is 7.13. The predicted molar refractivity (Wildman–Crippen MR) is 81.3 cm³/mol. The van der Waals surface area contributed by atoms with E-state index in [9.17, 15) is 4.79 Å². The highest BCUT2D eigenvalue weighted by atomic mass is 16.1. The summed E-state index contributed by atoms with van der Waals surface area (Å²) in [5, 5.41) is 3.11. The minimum Gasteiger partial charge on any atom is -0.346 e. The molecule has 1 N–H and O–H groups in total. The van der Waals surface area contributed by atoms with Crippen molar-refractivity contribution in [2.45, 2.75) is 33.7 Å². The van der Waals surface area contributed by atoms with Gasteiger partial charge in [0.1, 0.15) is 5.82 Å². The Balaban J connectivity index is 2.41. The fourth-order valence-corrected chi connectivity index (χ4v) is 2.29. The van der Waals surface area contributed by atoms with Gasteiger partial charge in [-0.2, -0.15) is 0 Å². The number of benzene rings is 1. The minimum atomic E-state index is -0.0673. The van der Waals surface area contributed by atoms with Crippen LogP contribution in [0.4, 0.5) is 0 Å². The number of amides is 1. The van der Waals surface area contributed by atoms with E-state index in [0.717, 1.165) is 16.9 Å². The van der Waals surface area contributed by atoms with Gasteiger partial charge in [-0.3, -0.25) is 4.79 Å². The Morgan fingerprint density at radius 3 is 2.40 bits per heavy atom. The van der Waals surface area contributed by atoms with Gasteiger partial charge in [0.25, 0.3) is 0 Å². The van der Waals surface area contributed by atoms with Crippen molar-refractivity contribution in [1.82, 2.24) is 14.9 Å². The zero-order valence-electron chi connectivity index (χ0n) is 12.8. The third kappa shape index (κ3) is 2.69. The Bertz CT molecular complexity index is 613. The van der Waals surface area contributed by atoms with Crippen molar-refractivity contribution >= 4 is 16.9 Å². The number of hydrogen-bond acceptors (Lipinski definition) is 2. The van der Waals surface area contributed by atoms with Crippen molar-refractivity contribution in [2.75, 3.05) is 0 Å². The molecule has 0 aliphatic carbocycles. The number of carbonyl (C=O) groups is 1. The number of carbonyl (C=O) groups excluding carboxylic acids is 1. The maximum Gasteiger partial charge on any atom is 0.223 e. The standard InChI is InChI=1S/C16H23N3O/c1-10(2)14(18-16(20)11(3)4)15-17-12-8-6-7-9-13(12)19(15)5/h6-11,14H,1-5H3,(H,18,20). The van der Waals surface area contributed by atoms with Crippen molar-refractivity contribution in [3.8, 4) is 0 Å². The first-order chi connectivity index (χ1) is 9.41. The van der Waals surface area contributed by atoms with Crippen molar-refractivity contribution in [3.63, 3.8) is 0 Å². The molecule has 1 atom stereocenters. The van der Waals surface area contributed by atoms with Gasteiger partial charge in [0.15, 0.2) is 0 Å². The van der Waals surface area contributed by atoms with Crippen molar-refractivity contribution < 1.29 is 4.79 Å². The number of imidazole rings is 1. The largest absolute Gasteiger partial charge is 0.346 e. The van der Waals surface area contributed by atoms with Crippen LogP contribution in [0.5, 0.6) is 0 Å². The molecule has 2 aromatic rings. The molecule has 0 fully saturated rings. The Hall–Kier alpha value is -1.84. The van der Waals surface area contributed by atoms with Crippen LogP contribution in [-0.4, -0.2) is 15.5 Å². The maximum atomic E-state index is 12.0. The molecule has 0 saturated carbocycles. The third-order valence-electron chi connectivity index (χ3n) is 3.59. The van der Waals surface area contributed by atoms with Gasteiger partial charge in [-0.05, 0) is 18.1 Å². The summed E-state index contributed by atoms with van der Waals surface area (Å²) in [6.45, 7) is 8.01. The fourth-order valence-electron chi connectivity index (χ4n) is 2.29. The average Bonchev–Trinajstić information content (AvgIpc) is 2.73. The van der Waals surface area contributed by atoms with Crippen LogP contribution in [0.15, 0.2) is 24.3 Å². The Kier molecular flexibility index (Phi) is 4.12. The van der Waals surface area contributed by atoms with E-state index in [2.05, 4.69) is 23.7 Å². The summed E-state index contributed by atoms with van der Waals surface area (Å²) in [5.41, 5.74) is 2.06. The predicted octanol–water partition coefficient (Wildman–Crippen LogP) is 3.04. The van der Waals surface area contributed by atoms with Crippen molar-refractivity contribution in [1.29, 1.82) is 0 Å². The van der Waals surface area contributed by atoms with Crippen LogP contribution < -0.4 is 5.32 Å². The lowest BCUT2D eigenvalue weighted by molar-refractivity contribution is -0.125. The topological polar surface area (TPSA) is 46.9 Å². The van der Waals surface area contributed by atoms with Crippen molar-refractivity contribution in [3.05, 3.63) is 30.1 Å². The summed E-state index contributed by atoms with van der Waals surface area (Å²) in [6.07, 6.45) is 0. The summed E-state index contributed by atoms with van der Waals surface area (Å²) >= 11 is 0. The lowest BCUT2D eigenvalue weighted by atomic mass is 10.0. The summed E-state index contributed by atoms with van der Waals surface area (Å²) < 4.78 is 2.07. The monoisotopic (exact) mass is 273 g/mol. The van der Waals surface area contributed by atoms with E-state index in [-0.39, 0.29) is 23.8 Å². The van der Waals surface area contributed by atoms with E-state index >= 15 is 0 Å². The van der Waals surface area contributed by atoms with E-state index in [1.807, 2.05) is 45.2 Å². The van der Waals surface area contributed by atoms with E-state index in [1.165, 1.54) is 0 Å². The molecule has 4 nitrogen and oxygen atoms in total. The molecule has 1 aromatic heterocycles. The molecule has 20 heavy (non-hydrogen) atoms. The second kappa shape index (κ2) is 5.65. The molecule has 1 amide bonds. The van der Waals surface area contributed by atoms with Gasteiger partial charge in [-0.25, -0.2) is 4.98 Å². The molecule has 0 bridgehead atoms. The number of aromatic nitrogens is 2. The number of nitrogens with one attached hydrogen (secondary N) is 1. The van der Waals surface area contributed by atoms with Gasteiger partial charge in [0.2, 0.25) is 5.91 Å². The molecule has 0 saturated heterocycles. The normalized spacial score (nSPS) is 13.2. The molecule has 108 valence electrons. The zero-order chi connectivity index (χ0) is 14.9. The van der Waals surface area contributed by atoms with Crippen LogP contribution in [-0.2, 0) is 11.8 Å². The highest BCUT2D eigenvalue weighted by molar-refractivity contribution is 5.79. The van der Waals surface area contributed by atoms with Gasteiger partial charge in [-0.1, -0.05) is 39.8 Å². The van der Waals surface area contributed by atoms with E-state index in [4.69, 9.17) is 4.98 Å². The first-order valence-corrected chi connectivity index (χ1v) is 7.13. The molecule has 0 aliphatic rings. The minimum absolute atomic E-state index is 0.0223. The molecule has 1 heterocycles. The number of aryl methyl sites for hydroxylation is 1. The van der Waals surface area contributed by atoms with E-state index in [0.29, 0.717) is 0 Å². The number of fused-ring (bicyclic) bond motifs is 1. The molecule has 1 unspecified atom stereocenters. The Morgan fingerprint density at radius 2 is 1.85 bits per heavy atom. The van der Waals surface area contributed by atoms with E-state index < -0.39 is 0 Å². The van der Waals surface area contributed by atoms with Crippen LogP contribution in [0.1, 0.15) is 39.6 Å². The summed E-state index contributed by atoms with van der Waals surface area (Å²) in [7, 11) is 2.00. The molecular weight excluding hydrogens is 250 g/mol. The maximum absolute atomic E-state index is 12.0. The zero-order valence-corrected chi connectivity index (χ0v) is 12.8. The van der Waals surface area contributed by atoms with Crippen LogP contribution >= 0.6 is 0 Å². The highest BCUT2D eigenvalue weighted by Gasteiger charge is 2.24. The molecule has 1 aromatic carbocycles. The summed E-state index contributed by atoms with van der Waals surface area (Å²) in [4.78, 5) is 16.7. The lowest BCUT2D eigenvalue weighted by Gasteiger charge is -2.23. The lowest BCUT2D eigenvalue weighted by Crippen LogP contribution is -2.35. The van der Waals surface area contributed by atoms with Gasteiger partial charge in [0.05, 0.1) is 17.1 Å². The molecule has 0 radical (unpaired) electrons. The van der Waals surface area contributed by atoms with Gasteiger partial charge < -0.3 is 9.88 Å². The number of nitrogens with zero attached hydrogens (tertiary/aromatic N) is 2. The van der Waals surface area contributed by atoms with Gasteiger partial charge in [-0.15, -0.1) is 0 Å². The van der Waals surface area contributed by atoms with Gasteiger partial charge in [0, 0.05) is 13.0 Å². The van der Waals surface area contributed by atoms with E-state index in [1.54, 1.807) is 0 Å². The second-order valence-electron chi connectivity index (χ2n) is 5.90. The van der Waals surface area contributed by atoms with Crippen LogP contribution in [0, 0.1) is 11.8 Å². The highest BCUT2D eigenvalue weighted by Crippen LogP contribution is 2.25. The van der Waals surface area contributed by atoms with Gasteiger partial charge >= 0.3 is 0 Å². The van der Waals surface area contributed by atoms with Crippen molar-refractivity contribution in [2.24, 2.45) is 18.9 Å². The Morgan fingerprint density at radius 1 is 1.20 bits per heavy atom. The fraction of sp³-hybridized carbons (Fsp3) is 0.500. The Labute approximate surface area is 120 Å². The number of hydrogen-bond donors (Lipinski definition) is 1. The SMILES string of the molecule is CC(C)C(=O)NC(c1nc2ccccc2n1C)C(C)C. The number of rotatable bonds is 4.